The molecule has 1 aromatic carbocycles. The van der Waals surface area contributed by atoms with Gasteiger partial charge in [0.1, 0.15) is 5.69 Å². The maximum Gasteiger partial charge on any atom is 0.240 e. The molecule has 0 unspecified atom stereocenters. The average Bonchev–Trinajstić information content (AvgIpc) is 2.51. The Kier molecular flexibility index (Phi) is 1.87. The topological polar surface area (TPSA) is 45.2 Å². The summed E-state index contributed by atoms with van der Waals surface area (Å²) in [6.45, 7) is 0. The number of isocyanates is 1. The molecule has 14 heavy (non-hydrogen) atoms. The fourth-order valence-corrected chi connectivity index (χ4v) is 1.24. The van der Waals surface area contributed by atoms with E-state index in [-0.39, 0.29) is 5.69 Å². The smallest absolute Gasteiger partial charge is 0.240 e. The van der Waals surface area contributed by atoms with Crippen LogP contribution in [0.3, 0.4) is 0 Å². The van der Waals surface area contributed by atoms with Gasteiger partial charge in [-0.1, -0.05) is 0 Å². The lowest BCUT2D eigenvalue weighted by Gasteiger charge is -1.93. The molecule has 2 aromatic rings. The van der Waals surface area contributed by atoms with Crippen LogP contribution in [-0.4, -0.2) is 11.1 Å². The third-order valence-corrected chi connectivity index (χ3v) is 1.87. The predicted molar refractivity (Wildman–Crippen MR) is 46.0 cm³/mol. The largest absolute Gasteiger partial charge is 0.359 e. The van der Waals surface area contributed by atoms with Gasteiger partial charge in [0, 0.05) is 17.6 Å². The highest BCUT2D eigenvalue weighted by molar-refractivity contribution is 5.91. The van der Waals surface area contributed by atoms with E-state index in [9.17, 15) is 13.6 Å². The number of aromatic nitrogens is 1. The Morgan fingerprint density at radius 3 is 2.71 bits per heavy atom. The van der Waals surface area contributed by atoms with Gasteiger partial charge in [0.05, 0.1) is 5.52 Å². The first-order valence-corrected chi connectivity index (χ1v) is 3.76. The van der Waals surface area contributed by atoms with Crippen LogP contribution in [0, 0.1) is 11.6 Å². The third-order valence-electron chi connectivity index (χ3n) is 1.87. The van der Waals surface area contributed by atoms with Gasteiger partial charge in [-0.3, -0.25) is 0 Å². The number of H-pyrrole nitrogens is 1. The molecule has 70 valence electrons. The molecule has 1 heterocycles. The predicted octanol–water partition coefficient (Wildman–Crippen LogP) is 2.41. The van der Waals surface area contributed by atoms with Crippen molar-refractivity contribution in [3.05, 3.63) is 30.0 Å². The maximum atomic E-state index is 12.8. The molecule has 5 heteroatoms. The number of nitrogens with zero attached hydrogens (tertiary/aromatic N) is 1. The highest BCUT2D eigenvalue weighted by Gasteiger charge is 2.08. The van der Waals surface area contributed by atoms with E-state index in [0.717, 1.165) is 12.1 Å². The van der Waals surface area contributed by atoms with Crippen LogP contribution in [0.2, 0.25) is 0 Å². The van der Waals surface area contributed by atoms with Crippen LogP contribution in [0.15, 0.2) is 23.3 Å². The molecule has 1 aromatic heterocycles. The van der Waals surface area contributed by atoms with Crippen LogP contribution in [0.5, 0.6) is 0 Å². The monoisotopic (exact) mass is 194 g/mol. The highest BCUT2D eigenvalue weighted by atomic mass is 19.2. The lowest BCUT2D eigenvalue weighted by molar-refractivity contribution is 0.511. The number of aliphatic imine (C=N–C) groups is 1. The number of aromatic amines is 1. The molecule has 3 nitrogen and oxygen atoms in total. The molecule has 2 rings (SSSR count). The number of hydrogen-bond acceptors (Lipinski definition) is 2. The van der Waals surface area contributed by atoms with E-state index in [1.54, 1.807) is 0 Å². The Hall–Kier alpha value is -2.00. The highest BCUT2D eigenvalue weighted by Crippen LogP contribution is 2.27. The average molecular weight is 194 g/mol. The summed E-state index contributed by atoms with van der Waals surface area (Å²) in [7, 11) is 0. The molecule has 0 spiro atoms. The third kappa shape index (κ3) is 1.20. The Balaban J connectivity index is 2.79. The fourth-order valence-electron chi connectivity index (χ4n) is 1.24. The van der Waals surface area contributed by atoms with Crippen molar-refractivity contribution in [1.29, 1.82) is 0 Å². The second kappa shape index (κ2) is 3.05. The number of nitrogens with one attached hydrogen (secondary N) is 1. The molecule has 0 amide bonds. The summed E-state index contributed by atoms with van der Waals surface area (Å²) in [6, 6.07) is 1.99. The zero-order valence-corrected chi connectivity index (χ0v) is 6.84. The molecule has 0 saturated carbocycles. The number of halogens is 2. The summed E-state index contributed by atoms with van der Waals surface area (Å²) in [6.07, 6.45) is 2.72. The van der Waals surface area contributed by atoms with Crippen molar-refractivity contribution >= 4 is 22.7 Å². The summed E-state index contributed by atoms with van der Waals surface area (Å²) in [5.41, 5.74) is 0.631. The molecule has 0 fully saturated rings. The molecule has 0 bridgehead atoms. The van der Waals surface area contributed by atoms with Gasteiger partial charge < -0.3 is 4.98 Å². The Morgan fingerprint density at radius 2 is 2.00 bits per heavy atom. The molecule has 1 N–H and O–H groups in total. The summed E-state index contributed by atoms with van der Waals surface area (Å²) in [5.74, 6) is -1.92. The van der Waals surface area contributed by atoms with E-state index in [1.807, 2.05) is 0 Å². The lowest BCUT2D eigenvalue weighted by Crippen LogP contribution is -1.81. The van der Waals surface area contributed by atoms with E-state index >= 15 is 0 Å². The van der Waals surface area contributed by atoms with Gasteiger partial charge in [-0.25, -0.2) is 13.6 Å². The second-order valence-electron chi connectivity index (χ2n) is 2.69. The lowest BCUT2D eigenvalue weighted by atomic mass is 10.2. The molecule has 0 aliphatic heterocycles. The first-order chi connectivity index (χ1) is 6.72. The molecule has 0 radical (unpaired) electrons. The van der Waals surface area contributed by atoms with Gasteiger partial charge in [-0.2, -0.15) is 4.99 Å². The van der Waals surface area contributed by atoms with Gasteiger partial charge in [0.2, 0.25) is 6.08 Å². The number of rotatable bonds is 1. The van der Waals surface area contributed by atoms with Crippen molar-refractivity contribution in [1.82, 2.24) is 4.98 Å². The summed E-state index contributed by atoms with van der Waals surface area (Å²) < 4.78 is 25.6. The second-order valence-corrected chi connectivity index (χ2v) is 2.69. The van der Waals surface area contributed by atoms with Crippen molar-refractivity contribution in [2.24, 2.45) is 4.99 Å². The Morgan fingerprint density at radius 1 is 1.29 bits per heavy atom. The SMILES string of the molecule is O=C=Nc1c[nH]c2cc(F)c(F)cc12. The van der Waals surface area contributed by atoms with Crippen LogP contribution >= 0.6 is 0 Å². The minimum atomic E-state index is -0.973. The van der Waals surface area contributed by atoms with Crippen molar-refractivity contribution < 1.29 is 13.6 Å². The molecule has 0 saturated heterocycles. The first kappa shape index (κ1) is 8.59. The molecule has 0 aliphatic rings. The standard InChI is InChI=1S/C9H4F2N2O/c10-6-1-5-8(2-7(6)11)12-3-9(5)13-4-14/h1-3,12H. The minimum Gasteiger partial charge on any atom is -0.359 e. The van der Waals surface area contributed by atoms with Crippen molar-refractivity contribution in [3.8, 4) is 0 Å². The summed E-state index contributed by atoms with van der Waals surface area (Å²) in [4.78, 5) is 16.0. The fraction of sp³-hybridized carbons (Fsp3) is 0. The summed E-state index contributed by atoms with van der Waals surface area (Å²) in [5, 5.41) is 0.354. The number of fused-ring (bicyclic) bond motifs is 1. The van der Waals surface area contributed by atoms with E-state index in [0.29, 0.717) is 10.9 Å². The minimum absolute atomic E-state index is 0.244. The number of benzene rings is 1. The van der Waals surface area contributed by atoms with Gasteiger partial charge in [0.25, 0.3) is 0 Å². The normalized spacial score (nSPS) is 10.1. The van der Waals surface area contributed by atoms with Crippen molar-refractivity contribution in [2.45, 2.75) is 0 Å². The quantitative estimate of drug-likeness (QED) is 0.549. The zero-order valence-electron chi connectivity index (χ0n) is 6.84. The maximum absolute atomic E-state index is 12.8. The Labute approximate surface area is 77.1 Å². The molecular weight excluding hydrogens is 190 g/mol. The van der Waals surface area contributed by atoms with Crippen LogP contribution in [0.25, 0.3) is 10.9 Å². The van der Waals surface area contributed by atoms with E-state index < -0.39 is 11.6 Å². The van der Waals surface area contributed by atoms with Crippen LogP contribution in [0.1, 0.15) is 0 Å². The van der Waals surface area contributed by atoms with Gasteiger partial charge in [0.15, 0.2) is 11.6 Å². The van der Waals surface area contributed by atoms with E-state index in [4.69, 9.17) is 0 Å². The Bertz CT molecular complexity index is 541. The molecular formula is C9H4F2N2O. The van der Waals surface area contributed by atoms with Crippen LogP contribution < -0.4 is 0 Å². The molecule has 0 atom stereocenters. The first-order valence-electron chi connectivity index (χ1n) is 3.76. The van der Waals surface area contributed by atoms with Gasteiger partial charge in [-0.15, -0.1) is 0 Å². The van der Waals surface area contributed by atoms with E-state index in [1.165, 1.54) is 12.3 Å². The summed E-state index contributed by atoms with van der Waals surface area (Å²) >= 11 is 0. The van der Waals surface area contributed by atoms with Crippen molar-refractivity contribution in [2.75, 3.05) is 0 Å². The van der Waals surface area contributed by atoms with E-state index in [2.05, 4.69) is 9.98 Å². The van der Waals surface area contributed by atoms with Crippen LogP contribution in [-0.2, 0) is 4.79 Å². The van der Waals surface area contributed by atoms with Crippen molar-refractivity contribution in [3.63, 3.8) is 0 Å². The number of hydrogen-bond donors (Lipinski definition) is 1. The van der Waals surface area contributed by atoms with Gasteiger partial charge in [-0.05, 0) is 6.07 Å². The van der Waals surface area contributed by atoms with Crippen LogP contribution in [0.4, 0.5) is 14.5 Å². The molecule has 0 aliphatic carbocycles. The van der Waals surface area contributed by atoms with Gasteiger partial charge >= 0.3 is 0 Å². The zero-order chi connectivity index (χ0) is 10.1. The number of carbonyl (C=O) groups excluding carboxylic acids is 1.